The minimum atomic E-state index is 1.11. The Balaban J connectivity index is 1.75. The number of hydrogen-bond acceptors (Lipinski definition) is 1. The fraction of sp³-hybridized carbons (Fsp3) is 0.800. The van der Waals surface area contributed by atoms with Crippen molar-refractivity contribution in [3.63, 3.8) is 0 Å². The van der Waals surface area contributed by atoms with Crippen LogP contribution in [0.25, 0.3) is 0 Å². The van der Waals surface area contributed by atoms with E-state index in [4.69, 9.17) is 0 Å². The van der Waals surface area contributed by atoms with Crippen LogP contribution < -0.4 is 5.32 Å². The Morgan fingerprint density at radius 1 is 0.576 bits per heavy atom. The van der Waals surface area contributed by atoms with E-state index in [1.807, 2.05) is 0 Å². The van der Waals surface area contributed by atoms with Crippen molar-refractivity contribution in [3.8, 4) is 0 Å². The Morgan fingerprint density at radius 2 is 1.00 bits per heavy atom. The molecule has 0 aromatic heterocycles. The van der Waals surface area contributed by atoms with Gasteiger partial charge in [0, 0.05) is 15.8 Å². The lowest BCUT2D eigenvalue weighted by Gasteiger charge is -2.30. The number of nitrogens with zero attached hydrogens (tertiary/aromatic N) is 1. The summed E-state index contributed by atoms with van der Waals surface area (Å²) in [6, 6.07) is 12.4. The van der Waals surface area contributed by atoms with Gasteiger partial charge in [0.25, 0.3) is 0 Å². The lowest BCUT2D eigenvalue weighted by Crippen LogP contribution is -2.39. The van der Waals surface area contributed by atoms with Crippen molar-refractivity contribution in [2.24, 2.45) is 0 Å². The Bertz CT molecular complexity index is 517. The smallest absolute Gasteiger partial charge is 0.104 e. The molecule has 1 rings (SSSR count). The summed E-state index contributed by atoms with van der Waals surface area (Å²) in [4.78, 5) is 0. The van der Waals surface area contributed by atoms with Crippen molar-refractivity contribution in [2.75, 3.05) is 33.7 Å². The summed E-state index contributed by atoms with van der Waals surface area (Å²) in [6.45, 7) is 4.94. The molecule has 1 aromatic rings. The molecule has 0 fully saturated rings. The zero-order valence-electron chi connectivity index (χ0n) is 22.9. The highest BCUT2D eigenvalue weighted by molar-refractivity contribution is 6.08. The number of benzene rings is 1. The van der Waals surface area contributed by atoms with Crippen LogP contribution in [0.2, 0.25) is 6.04 Å². The number of unbranched alkanes of at least 4 members (excludes halogenated alkanes) is 15. The first kappa shape index (κ1) is 30.4. The number of quaternary nitrogens is 1. The molecule has 33 heavy (non-hydrogen) atoms. The average Bonchev–Trinajstić information content (AvgIpc) is 2.80. The predicted molar refractivity (Wildman–Crippen MR) is 153 cm³/mol. The van der Waals surface area contributed by atoms with Crippen LogP contribution in [0.1, 0.15) is 115 Å². The topological polar surface area (TPSA) is 12.0 Å². The Hall–Kier alpha value is -0.643. The summed E-state index contributed by atoms with van der Waals surface area (Å²) in [5.74, 6) is 0. The highest BCUT2D eigenvalue weighted by Crippen LogP contribution is 2.15. The lowest BCUT2D eigenvalue weighted by atomic mass is 10.0. The molecule has 1 N–H and O–H groups in total. The quantitative estimate of drug-likeness (QED) is 0.0941. The largest absolute Gasteiger partial charge is 0.325 e. The molecule has 1 aromatic carbocycles. The van der Waals surface area contributed by atoms with Gasteiger partial charge in [-0.05, 0) is 38.8 Å². The molecule has 192 valence electrons. The third-order valence-corrected chi connectivity index (χ3v) is 7.73. The number of nitrogens with one attached hydrogen (secondary N) is 1. The summed E-state index contributed by atoms with van der Waals surface area (Å²) in [5.41, 5.74) is 1.46. The maximum Gasteiger partial charge on any atom is 0.104 e. The lowest BCUT2D eigenvalue weighted by molar-refractivity contribution is -0.903. The summed E-state index contributed by atoms with van der Waals surface area (Å²) < 4.78 is 1.11. The van der Waals surface area contributed by atoms with E-state index in [1.165, 1.54) is 151 Å². The van der Waals surface area contributed by atoms with Gasteiger partial charge >= 0.3 is 0 Å². The molecule has 0 unspecified atom stereocenters. The highest BCUT2D eigenvalue weighted by Gasteiger charge is 2.14. The molecule has 0 atom stereocenters. The molecule has 0 aliphatic carbocycles. The fourth-order valence-corrected chi connectivity index (χ4v) is 5.20. The average molecular weight is 476 g/mol. The second kappa shape index (κ2) is 21.9. The van der Waals surface area contributed by atoms with Gasteiger partial charge in [-0.1, -0.05) is 120 Å². The standard InChI is InChI=1S/C30H59N2Si/c1-32(2,29-30-23-18-17-19-24-30)27-21-16-14-12-10-8-6-4-3-5-7-9-11-13-15-20-25-31-26-22-28-33/h17-19,23-24,31H,3-16,20-22,25-29H2,1-2,33H3/q+1. The third kappa shape index (κ3) is 20.4. The monoisotopic (exact) mass is 475 g/mol. The van der Waals surface area contributed by atoms with Crippen LogP contribution >= 0.6 is 0 Å². The van der Waals surface area contributed by atoms with Gasteiger partial charge in [-0.25, -0.2) is 0 Å². The second-order valence-corrected chi connectivity index (χ2v) is 12.1. The van der Waals surface area contributed by atoms with E-state index in [0.29, 0.717) is 0 Å². The van der Waals surface area contributed by atoms with Gasteiger partial charge in [0.2, 0.25) is 0 Å². The predicted octanol–water partition coefficient (Wildman–Crippen LogP) is 7.27. The Labute approximate surface area is 211 Å². The maximum atomic E-state index is 3.57. The van der Waals surface area contributed by atoms with Crippen LogP contribution in [0.3, 0.4) is 0 Å². The molecule has 2 nitrogen and oxygen atoms in total. The van der Waals surface area contributed by atoms with Gasteiger partial charge in [-0.3, -0.25) is 0 Å². The van der Waals surface area contributed by atoms with Gasteiger partial charge < -0.3 is 9.80 Å². The van der Waals surface area contributed by atoms with E-state index >= 15 is 0 Å². The van der Waals surface area contributed by atoms with E-state index < -0.39 is 0 Å². The van der Waals surface area contributed by atoms with Crippen molar-refractivity contribution in [1.29, 1.82) is 0 Å². The Kier molecular flexibility index (Phi) is 20.1. The molecule has 0 aliphatic heterocycles. The first-order chi connectivity index (χ1) is 16.1. The van der Waals surface area contributed by atoms with E-state index in [1.54, 1.807) is 0 Å². The van der Waals surface area contributed by atoms with Gasteiger partial charge in [-0.15, -0.1) is 0 Å². The van der Waals surface area contributed by atoms with Crippen LogP contribution in [0.5, 0.6) is 0 Å². The molecular formula is C30H59N2Si+. The SMILES string of the molecule is C[N+](C)(CCCCCCCCCCCCCCCCCCNCCC[SiH3])Cc1ccccc1. The van der Waals surface area contributed by atoms with Crippen LogP contribution in [-0.2, 0) is 6.54 Å². The van der Waals surface area contributed by atoms with Crippen LogP contribution in [0.4, 0.5) is 0 Å². The minimum Gasteiger partial charge on any atom is -0.325 e. The molecule has 0 heterocycles. The van der Waals surface area contributed by atoms with Gasteiger partial charge in [0.15, 0.2) is 0 Å². The summed E-state index contributed by atoms with van der Waals surface area (Å²) in [6.07, 6.45) is 24.5. The van der Waals surface area contributed by atoms with Crippen molar-refractivity contribution in [2.45, 2.75) is 122 Å². The van der Waals surface area contributed by atoms with Gasteiger partial charge in [0.1, 0.15) is 6.54 Å². The fourth-order valence-electron chi connectivity index (χ4n) is 4.85. The summed E-state index contributed by atoms with van der Waals surface area (Å²) >= 11 is 0. The van der Waals surface area contributed by atoms with Crippen LogP contribution in [0.15, 0.2) is 30.3 Å². The van der Waals surface area contributed by atoms with E-state index in [9.17, 15) is 0 Å². The molecular weight excluding hydrogens is 416 g/mol. The van der Waals surface area contributed by atoms with Crippen molar-refractivity contribution in [1.82, 2.24) is 5.32 Å². The zero-order valence-corrected chi connectivity index (χ0v) is 24.9. The third-order valence-electron chi connectivity index (χ3n) is 7.03. The van der Waals surface area contributed by atoms with Crippen LogP contribution in [0, 0.1) is 0 Å². The number of rotatable bonds is 24. The molecule has 0 bridgehead atoms. The maximum absolute atomic E-state index is 3.57. The first-order valence-electron chi connectivity index (χ1n) is 14.7. The molecule has 0 aliphatic rings. The first-order valence-corrected chi connectivity index (χ1v) is 16.1. The van der Waals surface area contributed by atoms with E-state index in [0.717, 1.165) is 11.0 Å². The Morgan fingerprint density at radius 3 is 1.48 bits per heavy atom. The normalized spacial score (nSPS) is 11.9. The van der Waals surface area contributed by atoms with Crippen LogP contribution in [-0.4, -0.2) is 48.5 Å². The van der Waals surface area contributed by atoms with E-state index in [2.05, 4.69) is 49.7 Å². The summed E-state index contributed by atoms with van der Waals surface area (Å²) in [7, 11) is 6.12. The molecule has 0 radical (unpaired) electrons. The minimum absolute atomic E-state index is 1.11. The second-order valence-electron chi connectivity index (χ2n) is 11.1. The van der Waals surface area contributed by atoms with Gasteiger partial charge in [-0.2, -0.15) is 0 Å². The van der Waals surface area contributed by atoms with Gasteiger partial charge in [0.05, 0.1) is 20.6 Å². The molecule has 0 saturated carbocycles. The summed E-state index contributed by atoms with van der Waals surface area (Å²) in [5, 5.41) is 3.57. The highest BCUT2D eigenvalue weighted by atomic mass is 28.1. The zero-order chi connectivity index (χ0) is 23.9. The molecule has 0 spiro atoms. The number of hydrogen-bond donors (Lipinski definition) is 1. The van der Waals surface area contributed by atoms with Crippen molar-refractivity contribution < 1.29 is 4.48 Å². The van der Waals surface area contributed by atoms with E-state index in [-0.39, 0.29) is 0 Å². The van der Waals surface area contributed by atoms with Crippen molar-refractivity contribution in [3.05, 3.63) is 35.9 Å². The molecule has 0 saturated heterocycles. The molecule has 3 heteroatoms. The molecule has 0 amide bonds. The van der Waals surface area contributed by atoms with Crippen molar-refractivity contribution >= 4 is 10.2 Å².